The highest BCUT2D eigenvalue weighted by atomic mass is 19.1. The molecule has 0 atom stereocenters. The van der Waals surface area contributed by atoms with Gasteiger partial charge in [-0.05, 0) is 49.9 Å². The SMILES string of the molecule is Cc1cc(NCC(=O)NCC2CC2)c2cc(F)ccc2n1. The number of amides is 1. The van der Waals surface area contributed by atoms with E-state index >= 15 is 0 Å². The van der Waals surface area contributed by atoms with Crippen LogP contribution in [0.2, 0.25) is 0 Å². The van der Waals surface area contributed by atoms with E-state index in [-0.39, 0.29) is 18.3 Å². The number of carbonyl (C=O) groups excluding carboxylic acids is 1. The maximum absolute atomic E-state index is 13.4. The molecule has 2 aromatic rings. The molecule has 0 unspecified atom stereocenters. The molecule has 110 valence electrons. The topological polar surface area (TPSA) is 54.0 Å². The Morgan fingerprint density at radius 1 is 1.38 bits per heavy atom. The van der Waals surface area contributed by atoms with E-state index in [4.69, 9.17) is 0 Å². The predicted molar refractivity (Wildman–Crippen MR) is 80.7 cm³/mol. The normalized spacial score (nSPS) is 14.2. The number of hydrogen-bond donors (Lipinski definition) is 2. The quantitative estimate of drug-likeness (QED) is 0.889. The highest BCUT2D eigenvalue weighted by molar-refractivity contribution is 5.93. The number of carbonyl (C=O) groups is 1. The Hall–Kier alpha value is -2.17. The lowest BCUT2D eigenvalue weighted by atomic mass is 10.1. The summed E-state index contributed by atoms with van der Waals surface area (Å²) >= 11 is 0. The molecule has 0 aliphatic heterocycles. The van der Waals surface area contributed by atoms with E-state index in [9.17, 15) is 9.18 Å². The summed E-state index contributed by atoms with van der Waals surface area (Å²) in [5, 5.41) is 6.67. The van der Waals surface area contributed by atoms with E-state index in [1.165, 1.54) is 25.0 Å². The summed E-state index contributed by atoms with van der Waals surface area (Å²) in [6.07, 6.45) is 2.42. The Bertz CT molecular complexity index is 683. The molecule has 0 radical (unpaired) electrons. The van der Waals surface area contributed by atoms with Gasteiger partial charge < -0.3 is 10.6 Å². The minimum atomic E-state index is -0.311. The molecule has 2 N–H and O–H groups in total. The molecule has 5 heteroatoms. The molecule has 0 spiro atoms. The monoisotopic (exact) mass is 287 g/mol. The lowest BCUT2D eigenvalue weighted by Crippen LogP contribution is -2.31. The average molecular weight is 287 g/mol. The van der Waals surface area contributed by atoms with Crippen molar-refractivity contribution < 1.29 is 9.18 Å². The van der Waals surface area contributed by atoms with Crippen LogP contribution in [0.25, 0.3) is 10.9 Å². The van der Waals surface area contributed by atoms with Crippen molar-refractivity contribution in [3.63, 3.8) is 0 Å². The van der Waals surface area contributed by atoms with Crippen LogP contribution in [0, 0.1) is 18.7 Å². The van der Waals surface area contributed by atoms with Gasteiger partial charge in [-0.25, -0.2) is 4.39 Å². The second-order valence-electron chi connectivity index (χ2n) is 5.57. The number of pyridine rings is 1. The van der Waals surface area contributed by atoms with Crippen LogP contribution < -0.4 is 10.6 Å². The van der Waals surface area contributed by atoms with Crippen molar-refractivity contribution >= 4 is 22.5 Å². The molecular formula is C16H18FN3O. The van der Waals surface area contributed by atoms with Gasteiger partial charge in [0.25, 0.3) is 0 Å². The predicted octanol–water partition coefficient (Wildman–Crippen LogP) is 2.62. The lowest BCUT2D eigenvalue weighted by Gasteiger charge is -2.11. The summed E-state index contributed by atoms with van der Waals surface area (Å²) in [6, 6.07) is 6.30. The number of rotatable bonds is 5. The van der Waals surface area contributed by atoms with Crippen LogP contribution in [-0.2, 0) is 4.79 Å². The number of hydrogen-bond acceptors (Lipinski definition) is 3. The van der Waals surface area contributed by atoms with Crippen LogP contribution in [-0.4, -0.2) is 24.0 Å². The molecule has 1 fully saturated rings. The molecule has 1 heterocycles. The standard InChI is InChI=1S/C16H18FN3O/c1-10-6-15(13-7-12(17)4-5-14(13)20-10)18-9-16(21)19-8-11-2-3-11/h4-7,11H,2-3,8-9H2,1H3,(H,18,20)(H,19,21). The summed E-state index contributed by atoms with van der Waals surface area (Å²) in [6.45, 7) is 2.81. The zero-order chi connectivity index (χ0) is 14.8. The van der Waals surface area contributed by atoms with Gasteiger partial charge in [0.05, 0.1) is 12.1 Å². The number of nitrogens with one attached hydrogen (secondary N) is 2. The van der Waals surface area contributed by atoms with Crippen molar-refractivity contribution in [2.24, 2.45) is 5.92 Å². The Morgan fingerprint density at radius 2 is 2.19 bits per heavy atom. The first-order valence-electron chi connectivity index (χ1n) is 7.19. The molecule has 0 saturated heterocycles. The smallest absolute Gasteiger partial charge is 0.239 e. The van der Waals surface area contributed by atoms with Crippen molar-refractivity contribution in [1.29, 1.82) is 0 Å². The highest BCUT2D eigenvalue weighted by Gasteiger charge is 2.21. The van der Waals surface area contributed by atoms with Crippen molar-refractivity contribution in [3.05, 3.63) is 35.8 Å². The van der Waals surface area contributed by atoms with E-state index in [0.29, 0.717) is 11.3 Å². The molecule has 0 bridgehead atoms. The maximum atomic E-state index is 13.4. The molecule has 1 aromatic carbocycles. The molecule has 1 aromatic heterocycles. The zero-order valence-corrected chi connectivity index (χ0v) is 11.9. The summed E-state index contributed by atoms with van der Waals surface area (Å²) in [7, 11) is 0. The van der Waals surface area contributed by atoms with Gasteiger partial charge in [0.15, 0.2) is 0 Å². The molecule has 1 amide bonds. The number of halogens is 1. The Balaban J connectivity index is 1.72. The minimum Gasteiger partial charge on any atom is -0.376 e. The van der Waals surface area contributed by atoms with Gasteiger partial charge in [0, 0.05) is 23.3 Å². The number of aryl methyl sites for hydroxylation is 1. The van der Waals surface area contributed by atoms with E-state index in [1.54, 1.807) is 6.07 Å². The summed E-state index contributed by atoms with van der Waals surface area (Å²) in [5.74, 6) is 0.308. The number of nitrogens with zero attached hydrogens (tertiary/aromatic N) is 1. The first kappa shape index (κ1) is 13.8. The largest absolute Gasteiger partial charge is 0.376 e. The van der Waals surface area contributed by atoms with Crippen LogP contribution in [0.3, 0.4) is 0 Å². The van der Waals surface area contributed by atoms with Crippen molar-refractivity contribution in [1.82, 2.24) is 10.3 Å². The van der Waals surface area contributed by atoms with Gasteiger partial charge in [-0.15, -0.1) is 0 Å². The number of fused-ring (bicyclic) bond motifs is 1. The minimum absolute atomic E-state index is 0.0408. The van der Waals surface area contributed by atoms with Gasteiger partial charge in [0.1, 0.15) is 5.82 Å². The molecule has 1 saturated carbocycles. The average Bonchev–Trinajstić information content (AvgIpc) is 3.27. The third-order valence-electron chi connectivity index (χ3n) is 3.62. The summed E-state index contributed by atoms with van der Waals surface area (Å²) in [5.41, 5.74) is 2.28. The number of benzene rings is 1. The van der Waals surface area contributed by atoms with Gasteiger partial charge in [-0.1, -0.05) is 0 Å². The highest BCUT2D eigenvalue weighted by Crippen LogP contribution is 2.27. The van der Waals surface area contributed by atoms with Gasteiger partial charge in [-0.2, -0.15) is 0 Å². The van der Waals surface area contributed by atoms with Crippen LogP contribution in [0.15, 0.2) is 24.3 Å². The van der Waals surface area contributed by atoms with Crippen LogP contribution in [0.1, 0.15) is 18.5 Å². The summed E-state index contributed by atoms with van der Waals surface area (Å²) < 4.78 is 13.4. The van der Waals surface area contributed by atoms with Crippen molar-refractivity contribution in [2.75, 3.05) is 18.4 Å². The first-order chi connectivity index (χ1) is 10.1. The molecule has 21 heavy (non-hydrogen) atoms. The van der Waals surface area contributed by atoms with Crippen LogP contribution in [0.4, 0.5) is 10.1 Å². The molecule has 4 nitrogen and oxygen atoms in total. The van der Waals surface area contributed by atoms with Gasteiger partial charge >= 0.3 is 0 Å². The third-order valence-corrected chi connectivity index (χ3v) is 3.62. The third kappa shape index (κ3) is 3.48. The van der Waals surface area contributed by atoms with Crippen LogP contribution >= 0.6 is 0 Å². The van der Waals surface area contributed by atoms with Crippen LogP contribution in [0.5, 0.6) is 0 Å². The molecule has 3 rings (SSSR count). The van der Waals surface area contributed by atoms with E-state index in [1.807, 2.05) is 13.0 Å². The second-order valence-corrected chi connectivity index (χ2v) is 5.57. The second kappa shape index (κ2) is 5.68. The Morgan fingerprint density at radius 3 is 2.95 bits per heavy atom. The fourth-order valence-corrected chi connectivity index (χ4v) is 2.29. The Kier molecular flexibility index (Phi) is 3.73. The lowest BCUT2D eigenvalue weighted by molar-refractivity contribution is -0.119. The van der Waals surface area contributed by atoms with Crippen molar-refractivity contribution in [2.45, 2.75) is 19.8 Å². The maximum Gasteiger partial charge on any atom is 0.239 e. The van der Waals surface area contributed by atoms with E-state index in [2.05, 4.69) is 15.6 Å². The number of anilines is 1. The van der Waals surface area contributed by atoms with Gasteiger partial charge in [-0.3, -0.25) is 9.78 Å². The summed E-state index contributed by atoms with van der Waals surface area (Å²) in [4.78, 5) is 16.1. The molecule has 1 aliphatic rings. The fourth-order valence-electron chi connectivity index (χ4n) is 2.29. The molecule has 1 aliphatic carbocycles. The van der Waals surface area contributed by atoms with Crippen molar-refractivity contribution in [3.8, 4) is 0 Å². The van der Waals surface area contributed by atoms with Gasteiger partial charge in [0.2, 0.25) is 5.91 Å². The number of aromatic nitrogens is 1. The van der Waals surface area contributed by atoms with E-state index < -0.39 is 0 Å². The molecular weight excluding hydrogens is 269 g/mol. The Labute approximate surface area is 122 Å². The zero-order valence-electron chi connectivity index (χ0n) is 11.9. The van der Waals surface area contributed by atoms with E-state index in [0.717, 1.165) is 23.4 Å². The fraction of sp³-hybridized carbons (Fsp3) is 0.375. The first-order valence-corrected chi connectivity index (χ1v) is 7.19.